The lowest BCUT2D eigenvalue weighted by Gasteiger charge is -2.02. The number of anilines is 1. The lowest BCUT2D eigenvalue weighted by Crippen LogP contribution is -2.12. The van der Waals surface area contributed by atoms with Gasteiger partial charge in [-0.3, -0.25) is 14.9 Å². The van der Waals surface area contributed by atoms with E-state index >= 15 is 0 Å². The summed E-state index contributed by atoms with van der Waals surface area (Å²) in [5.41, 5.74) is 0.910. The summed E-state index contributed by atoms with van der Waals surface area (Å²) >= 11 is 8.19. The number of amides is 1. The van der Waals surface area contributed by atoms with Crippen molar-refractivity contribution in [2.75, 3.05) is 5.32 Å². The normalized spacial score (nSPS) is 11.1. The highest BCUT2D eigenvalue weighted by Gasteiger charge is 2.13. The SMILES string of the molecule is Cc1cc2nc(CSc3nnc(NC(=O)c4ccc(F)c(Cl)c4)s3)cc(=O)n2o1. The number of halogens is 2. The Kier molecular flexibility index (Phi) is 5.35. The summed E-state index contributed by atoms with van der Waals surface area (Å²) in [5.74, 6) is -0.0946. The van der Waals surface area contributed by atoms with Crippen LogP contribution in [0.15, 0.2) is 44.0 Å². The zero-order valence-electron chi connectivity index (χ0n) is 14.7. The number of nitrogens with one attached hydrogen (secondary N) is 1. The van der Waals surface area contributed by atoms with Crippen LogP contribution in [0.1, 0.15) is 21.8 Å². The van der Waals surface area contributed by atoms with E-state index in [1.807, 2.05) is 0 Å². The van der Waals surface area contributed by atoms with Crippen LogP contribution in [0.25, 0.3) is 5.65 Å². The molecule has 4 rings (SSSR count). The van der Waals surface area contributed by atoms with E-state index in [1.54, 1.807) is 13.0 Å². The number of hydrogen-bond acceptors (Lipinski definition) is 8. The van der Waals surface area contributed by atoms with Crippen molar-refractivity contribution in [3.63, 3.8) is 0 Å². The second-order valence-electron chi connectivity index (χ2n) is 5.83. The smallest absolute Gasteiger partial charge is 0.287 e. The number of rotatable bonds is 5. The summed E-state index contributed by atoms with van der Waals surface area (Å²) in [6.45, 7) is 1.74. The second kappa shape index (κ2) is 7.93. The molecule has 0 atom stereocenters. The van der Waals surface area contributed by atoms with E-state index < -0.39 is 11.7 Å². The predicted molar refractivity (Wildman–Crippen MR) is 107 cm³/mol. The minimum Gasteiger partial charge on any atom is -0.375 e. The van der Waals surface area contributed by atoms with Crippen molar-refractivity contribution in [3.8, 4) is 0 Å². The maximum atomic E-state index is 13.2. The Morgan fingerprint density at radius 1 is 1.34 bits per heavy atom. The number of benzene rings is 1. The molecule has 8 nitrogen and oxygen atoms in total. The van der Waals surface area contributed by atoms with Gasteiger partial charge in [0.2, 0.25) is 5.13 Å². The minimum absolute atomic E-state index is 0.139. The Morgan fingerprint density at radius 2 is 2.17 bits per heavy atom. The van der Waals surface area contributed by atoms with Crippen molar-refractivity contribution in [1.82, 2.24) is 19.8 Å². The van der Waals surface area contributed by atoms with Crippen molar-refractivity contribution in [3.05, 3.63) is 68.5 Å². The van der Waals surface area contributed by atoms with Gasteiger partial charge in [0.05, 0.1) is 10.7 Å². The quantitative estimate of drug-likeness (QED) is 0.364. The first-order valence-electron chi connectivity index (χ1n) is 8.11. The molecule has 3 aromatic heterocycles. The summed E-state index contributed by atoms with van der Waals surface area (Å²) in [7, 11) is 0. The molecule has 4 aromatic rings. The van der Waals surface area contributed by atoms with Crippen molar-refractivity contribution >= 4 is 51.4 Å². The first kappa shape index (κ1) is 19.6. The number of aromatic nitrogens is 4. The van der Waals surface area contributed by atoms with Gasteiger partial charge in [0.25, 0.3) is 11.5 Å². The van der Waals surface area contributed by atoms with Gasteiger partial charge in [0.15, 0.2) is 9.99 Å². The van der Waals surface area contributed by atoms with E-state index in [2.05, 4.69) is 20.5 Å². The summed E-state index contributed by atoms with van der Waals surface area (Å²) in [6, 6.07) is 6.75. The molecule has 148 valence electrons. The highest BCUT2D eigenvalue weighted by atomic mass is 35.5. The van der Waals surface area contributed by atoms with Crippen molar-refractivity contribution < 1.29 is 13.7 Å². The summed E-state index contributed by atoms with van der Waals surface area (Å²) < 4.78 is 20.2. The Labute approximate surface area is 175 Å². The van der Waals surface area contributed by atoms with Crippen molar-refractivity contribution in [1.29, 1.82) is 0 Å². The molecule has 0 aliphatic carbocycles. The number of hydrogen-bond donors (Lipinski definition) is 1. The molecule has 0 fully saturated rings. The topological polar surface area (TPSA) is 102 Å². The predicted octanol–water partition coefficient (Wildman–Crippen LogP) is 3.78. The first-order valence-corrected chi connectivity index (χ1v) is 10.3. The number of thioether (sulfide) groups is 1. The van der Waals surface area contributed by atoms with Gasteiger partial charge in [-0.1, -0.05) is 34.7 Å². The van der Waals surface area contributed by atoms with Crippen LogP contribution < -0.4 is 10.9 Å². The van der Waals surface area contributed by atoms with Gasteiger partial charge in [-0.25, -0.2) is 9.37 Å². The molecule has 29 heavy (non-hydrogen) atoms. The fourth-order valence-corrected chi connectivity index (χ4v) is 4.23. The van der Waals surface area contributed by atoms with Gasteiger partial charge in [0, 0.05) is 23.4 Å². The van der Waals surface area contributed by atoms with Crippen LogP contribution in [-0.4, -0.2) is 25.7 Å². The van der Waals surface area contributed by atoms with Gasteiger partial charge >= 0.3 is 0 Å². The van der Waals surface area contributed by atoms with Crippen LogP contribution in [0.4, 0.5) is 9.52 Å². The van der Waals surface area contributed by atoms with Crippen molar-refractivity contribution in [2.24, 2.45) is 0 Å². The largest absolute Gasteiger partial charge is 0.375 e. The van der Waals surface area contributed by atoms with Gasteiger partial charge in [-0.15, -0.1) is 14.8 Å². The van der Waals surface area contributed by atoms with Crippen LogP contribution in [-0.2, 0) is 5.75 Å². The third-order valence-corrected chi connectivity index (χ3v) is 5.97. The van der Waals surface area contributed by atoms with E-state index in [1.165, 1.54) is 41.3 Å². The Morgan fingerprint density at radius 3 is 2.97 bits per heavy atom. The molecule has 12 heteroatoms. The van der Waals surface area contributed by atoms with Crippen LogP contribution in [0, 0.1) is 12.7 Å². The van der Waals surface area contributed by atoms with Gasteiger partial charge in [0.1, 0.15) is 11.6 Å². The lowest BCUT2D eigenvalue weighted by atomic mass is 10.2. The van der Waals surface area contributed by atoms with E-state index in [-0.39, 0.29) is 21.3 Å². The molecule has 3 heterocycles. The Hall–Kier alpha value is -2.76. The summed E-state index contributed by atoms with van der Waals surface area (Å²) in [5, 5.41) is 10.6. The second-order valence-corrected chi connectivity index (χ2v) is 8.44. The Bertz CT molecular complexity index is 1290. The Balaban J connectivity index is 1.42. The molecule has 0 aliphatic rings. The molecule has 1 N–H and O–H groups in total. The van der Waals surface area contributed by atoms with Gasteiger partial charge in [-0.2, -0.15) is 0 Å². The number of nitrogens with zero attached hydrogens (tertiary/aromatic N) is 4. The van der Waals surface area contributed by atoms with Crippen LogP contribution in [0.3, 0.4) is 0 Å². The molecule has 0 aliphatic heterocycles. The fourth-order valence-electron chi connectivity index (χ4n) is 2.41. The molecular weight excluding hydrogens is 441 g/mol. The molecule has 0 radical (unpaired) electrons. The maximum absolute atomic E-state index is 13.2. The van der Waals surface area contributed by atoms with E-state index in [0.717, 1.165) is 10.6 Å². The average molecular weight is 452 g/mol. The summed E-state index contributed by atoms with van der Waals surface area (Å²) in [6.07, 6.45) is 0. The third-order valence-electron chi connectivity index (χ3n) is 3.68. The number of carbonyl (C=O) groups is 1. The standard InChI is InChI=1S/C17H11ClFN5O3S2/c1-8-4-13-20-10(6-14(25)24(13)27-8)7-28-17-23-22-16(29-17)21-15(26)9-2-3-12(19)11(18)5-9/h2-6H,7H2,1H3,(H,21,22,26). The van der Waals surface area contributed by atoms with Crippen LogP contribution >= 0.6 is 34.7 Å². The fraction of sp³-hybridized carbons (Fsp3) is 0.118. The number of aryl methyl sites for hydroxylation is 1. The van der Waals surface area contributed by atoms with E-state index in [4.69, 9.17) is 16.1 Å². The molecule has 0 saturated carbocycles. The molecule has 1 aromatic carbocycles. The minimum atomic E-state index is -0.602. The average Bonchev–Trinajstić information content (AvgIpc) is 3.28. The molecule has 0 bridgehead atoms. The van der Waals surface area contributed by atoms with Gasteiger partial charge < -0.3 is 4.52 Å². The van der Waals surface area contributed by atoms with E-state index in [9.17, 15) is 14.0 Å². The number of fused-ring (bicyclic) bond motifs is 1. The molecule has 0 unspecified atom stereocenters. The van der Waals surface area contributed by atoms with Crippen LogP contribution in [0.2, 0.25) is 5.02 Å². The zero-order valence-corrected chi connectivity index (χ0v) is 17.1. The van der Waals surface area contributed by atoms with E-state index in [0.29, 0.717) is 27.2 Å². The first-order chi connectivity index (χ1) is 13.9. The monoisotopic (exact) mass is 451 g/mol. The summed E-state index contributed by atoms with van der Waals surface area (Å²) in [4.78, 5) is 28.6. The third kappa shape index (κ3) is 4.31. The van der Waals surface area contributed by atoms with Gasteiger partial charge in [-0.05, 0) is 25.1 Å². The maximum Gasteiger partial charge on any atom is 0.287 e. The molecule has 0 saturated heterocycles. The molecular formula is C17H11ClFN5O3S2. The highest BCUT2D eigenvalue weighted by molar-refractivity contribution is 8.00. The zero-order chi connectivity index (χ0) is 20.5. The van der Waals surface area contributed by atoms with Crippen molar-refractivity contribution in [2.45, 2.75) is 17.0 Å². The highest BCUT2D eigenvalue weighted by Crippen LogP contribution is 2.28. The molecule has 0 spiro atoms. The van der Waals surface area contributed by atoms with Crippen LogP contribution in [0.5, 0.6) is 0 Å². The lowest BCUT2D eigenvalue weighted by molar-refractivity contribution is 0.102. The molecule has 1 amide bonds. The number of carbonyl (C=O) groups excluding carboxylic acids is 1.